The Labute approximate surface area is 157 Å². The molecule has 0 aromatic carbocycles. The molecule has 1 aliphatic heterocycles. The minimum Gasteiger partial charge on any atom is -0.394 e. The molecule has 1 saturated heterocycles. The van der Waals surface area contributed by atoms with E-state index in [1.807, 2.05) is 0 Å². The standard InChI is InChI=1S/C14H16F6N2O7/c15-13(16,17)4-27-11(28-5-14(18,19)20)6-2-22(12(26)21-10(6)25)9-1-7(24)8(3-23)29-9/h2,7-9,11,23-24H,1,3-5H2,(H,21,25,26)/t7-,8+,9+/m0/s1. The number of halogens is 6. The van der Waals surface area contributed by atoms with E-state index in [0.29, 0.717) is 10.8 Å². The van der Waals surface area contributed by atoms with Crippen LogP contribution in [0.1, 0.15) is 24.5 Å². The Morgan fingerprint density at radius 3 is 2.17 bits per heavy atom. The number of aliphatic hydroxyl groups is 2. The zero-order valence-electron chi connectivity index (χ0n) is 14.4. The number of aromatic amines is 1. The maximum absolute atomic E-state index is 12.4. The van der Waals surface area contributed by atoms with Crippen molar-refractivity contribution in [3.05, 3.63) is 32.6 Å². The number of H-pyrrole nitrogens is 1. The normalized spacial score (nSPS) is 23.1. The molecule has 29 heavy (non-hydrogen) atoms. The Morgan fingerprint density at radius 2 is 1.72 bits per heavy atom. The lowest BCUT2D eigenvalue weighted by atomic mass is 10.2. The van der Waals surface area contributed by atoms with E-state index in [9.17, 15) is 41.0 Å². The molecule has 3 atom stereocenters. The smallest absolute Gasteiger partial charge is 0.394 e. The maximum Gasteiger partial charge on any atom is 0.411 e. The molecule has 1 aliphatic rings. The van der Waals surface area contributed by atoms with Crippen LogP contribution >= 0.6 is 0 Å². The summed E-state index contributed by atoms with van der Waals surface area (Å²) >= 11 is 0. The summed E-state index contributed by atoms with van der Waals surface area (Å²) < 4.78 is 88.8. The van der Waals surface area contributed by atoms with E-state index in [1.54, 1.807) is 4.98 Å². The molecule has 9 nitrogen and oxygen atoms in total. The molecule has 1 aromatic heterocycles. The highest BCUT2D eigenvalue weighted by Gasteiger charge is 2.37. The maximum atomic E-state index is 12.4. The molecule has 0 bridgehead atoms. The van der Waals surface area contributed by atoms with Crippen LogP contribution in [0.25, 0.3) is 0 Å². The molecule has 3 N–H and O–H groups in total. The van der Waals surface area contributed by atoms with Gasteiger partial charge in [0, 0.05) is 12.6 Å². The predicted octanol–water partition coefficient (Wildman–Crippen LogP) is 0.334. The second-order valence-corrected chi connectivity index (χ2v) is 6.05. The van der Waals surface area contributed by atoms with Crippen LogP contribution in [0.15, 0.2) is 15.8 Å². The first-order chi connectivity index (χ1) is 13.3. The molecular weight excluding hydrogens is 422 g/mol. The van der Waals surface area contributed by atoms with Gasteiger partial charge >= 0.3 is 18.0 Å². The summed E-state index contributed by atoms with van der Waals surface area (Å²) in [6.45, 7) is -4.67. The number of hydrogen-bond acceptors (Lipinski definition) is 7. The Bertz CT molecular complexity index is 787. The number of aliphatic hydroxyl groups excluding tert-OH is 2. The van der Waals surface area contributed by atoms with Crippen molar-refractivity contribution in [2.45, 2.75) is 43.5 Å². The third kappa shape index (κ3) is 6.53. The summed E-state index contributed by atoms with van der Waals surface area (Å²) in [7, 11) is 0. The number of ether oxygens (including phenoxy) is 3. The van der Waals surface area contributed by atoms with Gasteiger partial charge in [-0.05, 0) is 0 Å². The van der Waals surface area contributed by atoms with E-state index in [-0.39, 0.29) is 6.42 Å². The summed E-state index contributed by atoms with van der Waals surface area (Å²) in [4.78, 5) is 25.7. The molecule has 0 saturated carbocycles. The minimum atomic E-state index is -4.94. The monoisotopic (exact) mass is 438 g/mol. The van der Waals surface area contributed by atoms with Crippen molar-refractivity contribution in [2.24, 2.45) is 0 Å². The first-order valence-electron chi connectivity index (χ1n) is 7.97. The fraction of sp³-hybridized carbons (Fsp3) is 0.714. The summed E-state index contributed by atoms with van der Waals surface area (Å²) in [5, 5.41) is 18.8. The Balaban J connectivity index is 2.36. The molecular formula is C14H16F6N2O7. The largest absolute Gasteiger partial charge is 0.411 e. The first-order valence-corrected chi connectivity index (χ1v) is 7.97. The second kappa shape index (κ2) is 8.83. The van der Waals surface area contributed by atoms with Crippen molar-refractivity contribution in [2.75, 3.05) is 19.8 Å². The van der Waals surface area contributed by atoms with Crippen LogP contribution < -0.4 is 11.2 Å². The van der Waals surface area contributed by atoms with Gasteiger partial charge in [-0.1, -0.05) is 0 Å². The fourth-order valence-corrected chi connectivity index (χ4v) is 2.50. The summed E-state index contributed by atoms with van der Waals surface area (Å²) in [6.07, 6.45) is -15.4. The fourth-order valence-electron chi connectivity index (χ4n) is 2.50. The minimum absolute atomic E-state index is 0.242. The SMILES string of the molecule is O=c1[nH]c(=O)n([C@H]2C[C@H](O)[C@@H](CO)O2)cc1C(OCC(F)(F)F)OCC(F)(F)F. The van der Waals surface area contributed by atoms with E-state index in [4.69, 9.17) is 9.84 Å². The highest BCUT2D eigenvalue weighted by molar-refractivity contribution is 5.07. The molecule has 0 spiro atoms. The van der Waals surface area contributed by atoms with Gasteiger partial charge in [0.1, 0.15) is 25.5 Å². The zero-order chi connectivity index (χ0) is 22.0. The van der Waals surface area contributed by atoms with Gasteiger partial charge in [0.15, 0.2) is 6.29 Å². The molecule has 15 heteroatoms. The van der Waals surface area contributed by atoms with Crippen LogP contribution in [0.4, 0.5) is 26.3 Å². The van der Waals surface area contributed by atoms with Crippen molar-refractivity contribution < 1.29 is 50.8 Å². The molecule has 0 radical (unpaired) electrons. The molecule has 0 aliphatic carbocycles. The number of aromatic nitrogens is 2. The van der Waals surface area contributed by atoms with Crippen LogP contribution in [0, 0.1) is 0 Å². The van der Waals surface area contributed by atoms with Crippen molar-refractivity contribution in [3.63, 3.8) is 0 Å². The molecule has 166 valence electrons. The predicted molar refractivity (Wildman–Crippen MR) is 79.7 cm³/mol. The number of hydrogen-bond donors (Lipinski definition) is 3. The van der Waals surface area contributed by atoms with E-state index in [2.05, 4.69) is 9.47 Å². The van der Waals surface area contributed by atoms with Gasteiger partial charge < -0.3 is 24.4 Å². The molecule has 2 rings (SSSR count). The lowest BCUT2D eigenvalue weighted by Gasteiger charge is -2.21. The molecule has 0 amide bonds. The Hall–Kier alpha value is -1.94. The van der Waals surface area contributed by atoms with Crippen LogP contribution in [0.5, 0.6) is 0 Å². The first kappa shape index (κ1) is 23.3. The van der Waals surface area contributed by atoms with Crippen LogP contribution in [-0.2, 0) is 14.2 Å². The number of nitrogens with one attached hydrogen (secondary N) is 1. The van der Waals surface area contributed by atoms with Gasteiger partial charge in [0.05, 0.1) is 18.3 Å². The number of rotatable bonds is 7. The van der Waals surface area contributed by atoms with E-state index in [1.165, 1.54) is 0 Å². The number of nitrogens with zero attached hydrogens (tertiary/aromatic N) is 1. The van der Waals surface area contributed by atoms with Crippen molar-refractivity contribution in [1.82, 2.24) is 9.55 Å². The second-order valence-electron chi connectivity index (χ2n) is 6.05. The van der Waals surface area contributed by atoms with Crippen molar-refractivity contribution in [1.29, 1.82) is 0 Å². The zero-order valence-corrected chi connectivity index (χ0v) is 14.4. The highest BCUT2D eigenvalue weighted by Crippen LogP contribution is 2.29. The van der Waals surface area contributed by atoms with Crippen LogP contribution in [0.2, 0.25) is 0 Å². The molecule has 2 heterocycles. The topological polar surface area (TPSA) is 123 Å². The quantitative estimate of drug-likeness (QED) is 0.414. The lowest BCUT2D eigenvalue weighted by molar-refractivity contribution is -0.262. The third-order valence-corrected chi connectivity index (χ3v) is 3.74. The Morgan fingerprint density at radius 1 is 1.17 bits per heavy atom. The van der Waals surface area contributed by atoms with Crippen molar-refractivity contribution >= 4 is 0 Å². The molecule has 1 aromatic rings. The summed E-state index contributed by atoms with van der Waals surface area (Å²) in [5.74, 6) is 0. The Kier molecular flexibility index (Phi) is 7.10. The van der Waals surface area contributed by atoms with Gasteiger partial charge in [-0.2, -0.15) is 26.3 Å². The van der Waals surface area contributed by atoms with E-state index < -0.39 is 73.7 Å². The lowest BCUT2D eigenvalue weighted by Crippen LogP contribution is -2.37. The average Bonchev–Trinajstić information content (AvgIpc) is 2.94. The average molecular weight is 438 g/mol. The third-order valence-electron chi connectivity index (χ3n) is 3.74. The van der Waals surface area contributed by atoms with Crippen LogP contribution in [0.3, 0.4) is 0 Å². The highest BCUT2D eigenvalue weighted by atomic mass is 19.4. The van der Waals surface area contributed by atoms with Gasteiger partial charge in [-0.25, -0.2) is 4.79 Å². The van der Waals surface area contributed by atoms with E-state index in [0.717, 1.165) is 0 Å². The number of alkyl halides is 6. The summed E-state index contributed by atoms with van der Waals surface area (Å²) in [5.41, 5.74) is -3.30. The van der Waals surface area contributed by atoms with Crippen molar-refractivity contribution in [3.8, 4) is 0 Å². The van der Waals surface area contributed by atoms with E-state index >= 15 is 0 Å². The van der Waals surface area contributed by atoms with Gasteiger partial charge in [-0.15, -0.1) is 0 Å². The molecule has 1 fully saturated rings. The molecule has 0 unspecified atom stereocenters. The van der Waals surface area contributed by atoms with Gasteiger partial charge in [0.2, 0.25) is 0 Å². The van der Waals surface area contributed by atoms with Crippen LogP contribution in [-0.4, -0.2) is 64.1 Å². The summed E-state index contributed by atoms with van der Waals surface area (Å²) in [6, 6.07) is 0. The van der Waals surface area contributed by atoms with Gasteiger partial charge in [0.25, 0.3) is 5.56 Å². The van der Waals surface area contributed by atoms with Gasteiger partial charge in [-0.3, -0.25) is 14.3 Å².